The number of carbonyl (C=O) groups is 1. The number of amides is 1. The largest absolute Gasteiger partial charge is 0.490 e. The number of carboxylic acid groups (broad SMARTS) is 1. The third kappa shape index (κ3) is 6.12. The van der Waals surface area contributed by atoms with Crippen LogP contribution < -0.4 is 14.8 Å². The van der Waals surface area contributed by atoms with Crippen LogP contribution in [-0.2, 0) is 0 Å². The van der Waals surface area contributed by atoms with E-state index in [2.05, 4.69) is 53.9 Å². The van der Waals surface area contributed by atoms with E-state index in [-0.39, 0.29) is 24.2 Å². The fraction of sp³-hybridized carbons (Fsp3) is 0.500. The summed E-state index contributed by atoms with van der Waals surface area (Å²) in [6.45, 7) is 11.0. The quantitative estimate of drug-likeness (QED) is 0.466. The molecule has 1 aromatic heterocycles. The van der Waals surface area contributed by atoms with Gasteiger partial charge in [-0.05, 0) is 64.7 Å². The molecule has 0 radical (unpaired) electrons. The number of rotatable bonds is 7. The second-order valence-corrected chi connectivity index (χ2v) is 10.4. The fourth-order valence-electron chi connectivity index (χ4n) is 4.33. The standard InChI is InChI=1S/C24H31BrN2O4/c1-14(11-24(3,4)5)8-16(27-23(28)29)13-30-22-10-21-18(9-20(22)25)17-6-7-26-12-19(17)15(2)31-21/h6-7,9-10,12,14-16,27H,8,11,13H2,1-5H3,(H,28,29)/t14?,15?,16-/m0/s1. The molecule has 0 saturated carbocycles. The molecule has 7 heteroatoms. The summed E-state index contributed by atoms with van der Waals surface area (Å²) in [6.07, 6.45) is 4.18. The zero-order chi connectivity index (χ0) is 22.8. The van der Waals surface area contributed by atoms with Crippen molar-refractivity contribution in [3.63, 3.8) is 0 Å². The Kier molecular flexibility index (Phi) is 7.14. The number of pyridine rings is 1. The van der Waals surface area contributed by atoms with Gasteiger partial charge in [0.2, 0.25) is 0 Å². The molecule has 2 aromatic rings. The molecule has 168 valence electrons. The number of nitrogens with one attached hydrogen (secondary N) is 1. The zero-order valence-corrected chi connectivity index (χ0v) is 20.3. The molecule has 1 aliphatic rings. The number of aromatic nitrogens is 1. The molecule has 0 fully saturated rings. The molecule has 6 nitrogen and oxygen atoms in total. The molecule has 0 saturated heterocycles. The van der Waals surface area contributed by atoms with E-state index in [0.29, 0.717) is 18.1 Å². The molecule has 2 N–H and O–H groups in total. The average molecular weight is 491 g/mol. The lowest BCUT2D eigenvalue weighted by atomic mass is 9.83. The highest BCUT2D eigenvalue weighted by atomic mass is 79.9. The zero-order valence-electron chi connectivity index (χ0n) is 18.7. The van der Waals surface area contributed by atoms with Crippen LogP contribution in [0.1, 0.15) is 59.1 Å². The van der Waals surface area contributed by atoms with Crippen LogP contribution in [0.2, 0.25) is 0 Å². The first-order valence-corrected chi connectivity index (χ1v) is 11.4. The van der Waals surface area contributed by atoms with E-state index in [4.69, 9.17) is 9.47 Å². The highest BCUT2D eigenvalue weighted by Gasteiger charge is 2.26. The molecule has 3 atom stereocenters. The van der Waals surface area contributed by atoms with Crippen LogP contribution in [-0.4, -0.2) is 28.8 Å². The Morgan fingerprint density at radius 2 is 2.10 bits per heavy atom. The van der Waals surface area contributed by atoms with Crippen LogP contribution in [0.3, 0.4) is 0 Å². The van der Waals surface area contributed by atoms with Crippen LogP contribution in [0, 0.1) is 11.3 Å². The first kappa shape index (κ1) is 23.4. The van der Waals surface area contributed by atoms with Crippen molar-refractivity contribution in [2.45, 2.75) is 59.6 Å². The summed E-state index contributed by atoms with van der Waals surface area (Å²) in [7, 11) is 0. The normalized spacial score (nSPS) is 17.0. The first-order chi connectivity index (χ1) is 14.5. The van der Waals surface area contributed by atoms with Gasteiger partial charge in [-0.1, -0.05) is 27.7 Å². The highest BCUT2D eigenvalue weighted by Crippen LogP contribution is 2.46. The molecule has 3 rings (SSSR count). The minimum atomic E-state index is -1.04. The fourth-order valence-corrected chi connectivity index (χ4v) is 4.79. The number of nitrogens with zero attached hydrogens (tertiary/aromatic N) is 1. The van der Waals surface area contributed by atoms with Crippen LogP contribution in [0.15, 0.2) is 35.1 Å². The van der Waals surface area contributed by atoms with Crippen LogP contribution in [0.5, 0.6) is 11.5 Å². The Morgan fingerprint density at radius 3 is 2.77 bits per heavy atom. The van der Waals surface area contributed by atoms with Crippen LogP contribution in [0.4, 0.5) is 4.79 Å². The summed E-state index contributed by atoms with van der Waals surface area (Å²) in [5.74, 6) is 1.74. The predicted octanol–water partition coefficient (Wildman–Crippen LogP) is 6.44. The third-order valence-corrected chi connectivity index (χ3v) is 5.95. The molecule has 1 aliphatic heterocycles. The molecule has 31 heavy (non-hydrogen) atoms. The highest BCUT2D eigenvalue weighted by molar-refractivity contribution is 9.10. The topological polar surface area (TPSA) is 80.7 Å². The number of fused-ring (bicyclic) bond motifs is 3. The van der Waals surface area contributed by atoms with E-state index >= 15 is 0 Å². The van der Waals surface area contributed by atoms with Crippen LogP contribution >= 0.6 is 15.9 Å². The Balaban J connectivity index is 1.76. The maximum atomic E-state index is 11.3. The smallest absolute Gasteiger partial charge is 0.404 e. The lowest BCUT2D eigenvalue weighted by Gasteiger charge is -2.28. The summed E-state index contributed by atoms with van der Waals surface area (Å²) in [5, 5.41) is 11.9. The van der Waals surface area contributed by atoms with E-state index in [9.17, 15) is 9.90 Å². The van der Waals surface area contributed by atoms with Gasteiger partial charge in [-0.25, -0.2) is 4.79 Å². The molecule has 0 bridgehead atoms. The van der Waals surface area contributed by atoms with Gasteiger partial charge in [-0.2, -0.15) is 0 Å². The number of benzene rings is 1. The maximum Gasteiger partial charge on any atom is 0.404 e. The number of ether oxygens (including phenoxy) is 2. The van der Waals surface area contributed by atoms with Gasteiger partial charge < -0.3 is 19.9 Å². The van der Waals surface area contributed by atoms with Gasteiger partial charge in [-0.3, -0.25) is 4.98 Å². The van der Waals surface area contributed by atoms with Crippen molar-refractivity contribution >= 4 is 22.0 Å². The second-order valence-electron chi connectivity index (χ2n) is 9.56. The van der Waals surface area contributed by atoms with Crippen molar-refractivity contribution in [1.29, 1.82) is 0 Å². The molecule has 2 heterocycles. The van der Waals surface area contributed by atoms with Gasteiger partial charge in [0.1, 0.15) is 24.2 Å². The second kappa shape index (κ2) is 9.47. The van der Waals surface area contributed by atoms with Gasteiger partial charge in [0.15, 0.2) is 0 Å². The number of hydrogen-bond donors (Lipinski definition) is 2. The summed E-state index contributed by atoms with van der Waals surface area (Å²) in [6, 6.07) is 5.54. The molecule has 0 spiro atoms. The number of halogens is 1. The van der Waals surface area contributed by atoms with E-state index in [1.807, 2.05) is 31.3 Å². The Hall–Kier alpha value is -2.28. The first-order valence-electron chi connectivity index (χ1n) is 10.6. The van der Waals surface area contributed by atoms with Crippen molar-refractivity contribution in [3.8, 4) is 22.6 Å². The maximum absolute atomic E-state index is 11.3. The van der Waals surface area contributed by atoms with E-state index in [1.54, 1.807) is 6.20 Å². The molecule has 0 aliphatic carbocycles. The van der Waals surface area contributed by atoms with Gasteiger partial charge in [0, 0.05) is 29.6 Å². The Bertz CT molecular complexity index is 942. The van der Waals surface area contributed by atoms with Crippen molar-refractivity contribution in [1.82, 2.24) is 10.3 Å². The predicted molar refractivity (Wildman–Crippen MR) is 125 cm³/mol. The van der Waals surface area contributed by atoms with Gasteiger partial charge in [0.05, 0.1) is 10.5 Å². The molecule has 1 aromatic carbocycles. The van der Waals surface area contributed by atoms with E-state index < -0.39 is 6.09 Å². The SMILES string of the molecule is CC(C[C@@H](COc1cc2c(cc1Br)-c1ccncc1C(C)O2)NC(=O)O)CC(C)(C)C. The monoisotopic (exact) mass is 490 g/mol. The minimum absolute atomic E-state index is 0.107. The Morgan fingerprint density at radius 1 is 1.35 bits per heavy atom. The van der Waals surface area contributed by atoms with E-state index in [1.165, 1.54) is 0 Å². The van der Waals surface area contributed by atoms with Crippen molar-refractivity contribution in [3.05, 3.63) is 40.6 Å². The molecular weight excluding hydrogens is 460 g/mol. The summed E-state index contributed by atoms with van der Waals surface area (Å²) in [4.78, 5) is 15.5. The lowest BCUT2D eigenvalue weighted by molar-refractivity contribution is 0.171. The summed E-state index contributed by atoms with van der Waals surface area (Å²) in [5.41, 5.74) is 3.32. The summed E-state index contributed by atoms with van der Waals surface area (Å²) < 4.78 is 12.9. The van der Waals surface area contributed by atoms with Crippen molar-refractivity contribution in [2.24, 2.45) is 11.3 Å². The van der Waals surface area contributed by atoms with Crippen molar-refractivity contribution < 1.29 is 19.4 Å². The molecule has 1 amide bonds. The Labute approximate surface area is 192 Å². The summed E-state index contributed by atoms with van der Waals surface area (Å²) >= 11 is 3.60. The molecular formula is C24H31BrN2O4. The van der Waals surface area contributed by atoms with Gasteiger partial charge >= 0.3 is 6.09 Å². The van der Waals surface area contributed by atoms with E-state index in [0.717, 1.165) is 33.3 Å². The number of hydrogen-bond acceptors (Lipinski definition) is 4. The molecule has 2 unspecified atom stereocenters. The minimum Gasteiger partial charge on any atom is -0.490 e. The van der Waals surface area contributed by atoms with Gasteiger partial charge in [-0.15, -0.1) is 0 Å². The van der Waals surface area contributed by atoms with Gasteiger partial charge in [0.25, 0.3) is 0 Å². The third-order valence-electron chi connectivity index (χ3n) is 5.33. The van der Waals surface area contributed by atoms with Crippen molar-refractivity contribution in [2.75, 3.05) is 6.61 Å². The average Bonchev–Trinajstić information content (AvgIpc) is 2.65. The lowest BCUT2D eigenvalue weighted by Crippen LogP contribution is -2.39. The van der Waals surface area contributed by atoms with Crippen LogP contribution in [0.25, 0.3) is 11.1 Å².